The fourth-order valence-electron chi connectivity index (χ4n) is 2.99. The Morgan fingerprint density at radius 2 is 1.92 bits per heavy atom. The molecule has 0 aliphatic heterocycles. The summed E-state index contributed by atoms with van der Waals surface area (Å²) in [4.78, 5) is 11.8. The van der Waals surface area contributed by atoms with Crippen LogP contribution in [0.5, 0.6) is 5.75 Å². The molecule has 2 N–H and O–H groups in total. The van der Waals surface area contributed by atoms with Crippen molar-refractivity contribution >= 4 is 11.0 Å². The van der Waals surface area contributed by atoms with Crippen molar-refractivity contribution in [2.75, 3.05) is 13.7 Å². The molecule has 0 radical (unpaired) electrons. The molecular weight excluding hydrogens is 318 g/mol. The summed E-state index contributed by atoms with van der Waals surface area (Å²) in [5, 5.41) is 13.9. The molecule has 1 aromatic heterocycles. The van der Waals surface area contributed by atoms with Crippen LogP contribution in [0, 0.1) is 0 Å². The summed E-state index contributed by atoms with van der Waals surface area (Å²) < 4.78 is 10.6. The van der Waals surface area contributed by atoms with Crippen molar-refractivity contribution in [2.45, 2.75) is 19.0 Å². The second-order valence-corrected chi connectivity index (χ2v) is 6.26. The Kier molecular flexibility index (Phi) is 4.88. The molecule has 0 saturated carbocycles. The van der Waals surface area contributed by atoms with Crippen molar-refractivity contribution in [3.05, 3.63) is 76.1 Å². The summed E-state index contributed by atoms with van der Waals surface area (Å²) in [7, 11) is 1.66. The lowest BCUT2D eigenvalue weighted by atomic mass is 9.92. The summed E-state index contributed by atoms with van der Waals surface area (Å²) in [6, 6.07) is 16.3. The highest BCUT2D eigenvalue weighted by atomic mass is 16.5. The zero-order chi connectivity index (χ0) is 17.9. The van der Waals surface area contributed by atoms with E-state index >= 15 is 0 Å². The summed E-state index contributed by atoms with van der Waals surface area (Å²) in [6.07, 6.45) is 0. The molecule has 0 aliphatic rings. The average Bonchev–Trinajstić information content (AvgIpc) is 2.60. The maximum Gasteiger partial charge on any atom is 0.336 e. The van der Waals surface area contributed by atoms with Gasteiger partial charge < -0.3 is 19.6 Å². The van der Waals surface area contributed by atoms with Crippen molar-refractivity contribution in [3.63, 3.8) is 0 Å². The predicted octanol–water partition coefficient (Wildman–Crippen LogP) is 3.15. The maximum absolute atomic E-state index is 11.8. The van der Waals surface area contributed by atoms with Crippen molar-refractivity contribution < 1.29 is 14.3 Å². The van der Waals surface area contributed by atoms with Gasteiger partial charge in [-0.05, 0) is 30.2 Å². The van der Waals surface area contributed by atoms with E-state index in [-0.39, 0.29) is 5.75 Å². The Bertz CT molecular complexity index is 920. The Labute approximate surface area is 145 Å². The van der Waals surface area contributed by atoms with Gasteiger partial charge in [0.25, 0.3) is 0 Å². The van der Waals surface area contributed by atoms with E-state index in [0.717, 1.165) is 16.5 Å². The molecule has 2 aromatic carbocycles. The standard InChI is InChI=1S/C20H21NO4/c1-20(13-24-2,15-6-4-3-5-7-15)21-12-14-10-19(23)25-18-11-16(22)8-9-17(14)18/h3-11,21-22H,12-13H2,1-2H3. The first-order chi connectivity index (χ1) is 12.0. The monoisotopic (exact) mass is 339 g/mol. The minimum Gasteiger partial charge on any atom is -0.508 e. The number of nitrogens with one attached hydrogen (secondary N) is 1. The van der Waals surface area contributed by atoms with Gasteiger partial charge >= 0.3 is 5.63 Å². The van der Waals surface area contributed by atoms with Crippen molar-refractivity contribution in [2.24, 2.45) is 0 Å². The van der Waals surface area contributed by atoms with Crippen LogP contribution in [0.25, 0.3) is 11.0 Å². The minimum atomic E-state index is -0.442. The van der Waals surface area contributed by atoms with Gasteiger partial charge in [-0.15, -0.1) is 0 Å². The predicted molar refractivity (Wildman–Crippen MR) is 96.7 cm³/mol. The highest BCUT2D eigenvalue weighted by Crippen LogP contribution is 2.25. The number of hydrogen-bond donors (Lipinski definition) is 2. The number of fused-ring (bicyclic) bond motifs is 1. The van der Waals surface area contributed by atoms with Crippen LogP contribution in [0.2, 0.25) is 0 Å². The van der Waals surface area contributed by atoms with E-state index in [1.54, 1.807) is 19.2 Å². The minimum absolute atomic E-state index is 0.0641. The average molecular weight is 339 g/mol. The van der Waals surface area contributed by atoms with Gasteiger partial charge in [-0.2, -0.15) is 0 Å². The number of hydrogen-bond acceptors (Lipinski definition) is 5. The first kappa shape index (κ1) is 17.2. The molecule has 0 spiro atoms. The van der Waals surface area contributed by atoms with Crippen molar-refractivity contribution in [1.82, 2.24) is 5.32 Å². The lowest BCUT2D eigenvalue weighted by Crippen LogP contribution is -2.43. The number of aromatic hydroxyl groups is 1. The summed E-state index contributed by atoms with van der Waals surface area (Å²) >= 11 is 0. The van der Waals surface area contributed by atoms with Crippen LogP contribution < -0.4 is 10.9 Å². The quantitative estimate of drug-likeness (QED) is 0.675. The van der Waals surface area contributed by atoms with Crippen LogP contribution in [0.1, 0.15) is 18.1 Å². The van der Waals surface area contributed by atoms with Crippen molar-refractivity contribution in [1.29, 1.82) is 0 Å². The summed E-state index contributed by atoms with van der Waals surface area (Å²) in [5.41, 5.74) is 1.43. The first-order valence-corrected chi connectivity index (χ1v) is 8.07. The van der Waals surface area contributed by atoms with Crippen LogP contribution in [-0.4, -0.2) is 18.8 Å². The normalized spacial score (nSPS) is 13.7. The highest BCUT2D eigenvalue weighted by molar-refractivity contribution is 5.81. The molecule has 5 heteroatoms. The van der Waals surface area contributed by atoms with Crippen LogP contribution in [0.4, 0.5) is 0 Å². The number of benzene rings is 2. The van der Waals surface area contributed by atoms with Gasteiger partial charge in [-0.3, -0.25) is 0 Å². The molecule has 5 nitrogen and oxygen atoms in total. The molecule has 1 unspecified atom stereocenters. The number of phenols is 1. The van der Waals surface area contributed by atoms with E-state index in [1.807, 2.05) is 30.3 Å². The first-order valence-electron chi connectivity index (χ1n) is 8.07. The zero-order valence-corrected chi connectivity index (χ0v) is 14.3. The van der Waals surface area contributed by atoms with E-state index in [4.69, 9.17) is 9.15 Å². The second-order valence-electron chi connectivity index (χ2n) is 6.26. The Balaban J connectivity index is 1.94. The maximum atomic E-state index is 11.8. The molecule has 130 valence electrons. The van der Waals surface area contributed by atoms with Gasteiger partial charge in [0.15, 0.2) is 0 Å². The van der Waals surface area contributed by atoms with Gasteiger partial charge in [0.1, 0.15) is 11.3 Å². The molecule has 25 heavy (non-hydrogen) atoms. The molecule has 0 fully saturated rings. The fraction of sp³-hybridized carbons (Fsp3) is 0.250. The topological polar surface area (TPSA) is 71.7 Å². The van der Waals surface area contributed by atoms with Gasteiger partial charge in [0.05, 0.1) is 12.1 Å². The number of methoxy groups -OCH3 is 1. The van der Waals surface area contributed by atoms with Gasteiger partial charge in [0.2, 0.25) is 0 Å². The third-order valence-corrected chi connectivity index (χ3v) is 4.33. The van der Waals surface area contributed by atoms with Crippen LogP contribution in [0.3, 0.4) is 0 Å². The Morgan fingerprint density at radius 1 is 1.16 bits per heavy atom. The Morgan fingerprint density at radius 3 is 2.64 bits per heavy atom. The molecular formula is C20H21NO4. The second kappa shape index (κ2) is 7.09. The zero-order valence-electron chi connectivity index (χ0n) is 14.3. The van der Waals surface area contributed by atoms with Gasteiger partial charge in [0, 0.05) is 31.2 Å². The smallest absolute Gasteiger partial charge is 0.336 e. The van der Waals surface area contributed by atoms with E-state index < -0.39 is 11.2 Å². The fourth-order valence-corrected chi connectivity index (χ4v) is 2.99. The molecule has 3 aromatic rings. The highest BCUT2D eigenvalue weighted by Gasteiger charge is 2.26. The lowest BCUT2D eigenvalue weighted by molar-refractivity contribution is 0.117. The van der Waals surface area contributed by atoms with Crippen molar-refractivity contribution in [3.8, 4) is 5.75 Å². The number of phenolic OH excluding ortho intramolecular Hbond substituents is 1. The molecule has 1 heterocycles. The molecule has 0 bridgehead atoms. The summed E-state index contributed by atoms with van der Waals surface area (Å²) in [6.45, 7) is 3.00. The van der Waals surface area contributed by atoms with Crippen LogP contribution in [0.15, 0.2) is 63.8 Å². The van der Waals surface area contributed by atoms with Crippen LogP contribution >= 0.6 is 0 Å². The van der Waals surface area contributed by atoms with Gasteiger partial charge in [-0.25, -0.2) is 4.79 Å². The lowest BCUT2D eigenvalue weighted by Gasteiger charge is -2.31. The third kappa shape index (κ3) is 3.73. The number of ether oxygens (including phenoxy) is 1. The number of rotatable bonds is 6. The largest absolute Gasteiger partial charge is 0.508 e. The molecule has 0 saturated heterocycles. The van der Waals surface area contributed by atoms with E-state index in [1.165, 1.54) is 12.1 Å². The van der Waals surface area contributed by atoms with E-state index in [2.05, 4.69) is 12.2 Å². The SMILES string of the molecule is COCC(C)(NCc1cc(=O)oc2cc(O)ccc12)c1ccccc1. The molecule has 0 aliphatic carbocycles. The summed E-state index contributed by atoms with van der Waals surface area (Å²) in [5.74, 6) is 0.0641. The molecule has 0 amide bonds. The Hall–Kier alpha value is -2.63. The van der Waals surface area contributed by atoms with E-state index in [0.29, 0.717) is 18.7 Å². The van der Waals surface area contributed by atoms with E-state index in [9.17, 15) is 9.90 Å². The third-order valence-electron chi connectivity index (χ3n) is 4.33. The molecule has 1 atom stereocenters. The van der Waals surface area contributed by atoms with Crippen LogP contribution in [-0.2, 0) is 16.8 Å². The van der Waals surface area contributed by atoms with Gasteiger partial charge in [-0.1, -0.05) is 30.3 Å². The molecule has 3 rings (SSSR count).